The highest BCUT2D eigenvalue weighted by Crippen LogP contribution is 2.32. The molecule has 3 rings (SSSR count). The van der Waals surface area contributed by atoms with Crippen LogP contribution in [0.2, 0.25) is 5.02 Å². The topological polar surface area (TPSA) is 55.4 Å². The van der Waals surface area contributed by atoms with Crippen LogP contribution in [-0.4, -0.2) is 15.0 Å². The Hall–Kier alpha value is -1.56. The van der Waals surface area contributed by atoms with E-state index >= 15 is 0 Å². The molecule has 110 valence electrons. The maximum absolute atomic E-state index is 12.4. The zero-order valence-electron chi connectivity index (χ0n) is 11.1. The average Bonchev–Trinajstić information content (AvgIpc) is 2.48. The van der Waals surface area contributed by atoms with E-state index in [0.717, 1.165) is 11.3 Å². The van der Waals surface area contributed by atoms with Gasteiger partial charge >= 0.3 is 0 Å². The molecule has 1 heterocycles. The summed E-state index contributed by atoms with van der Waals surface area (Å²) in [6.07, 6.45) is 0.601. The number of hydrogen-bond acceptors (Lipinski definition) is 3. The van der Waals surface area contributed by atoms with Crippen LogP contribution in [0.5, 0.6) is 5.75 Å². The van der Waals surface area contributed by atoms with Gasteiger partial charge in [0.1, 0.15) is 5.75 Å². The second-order valence-corrected chi connectivity index (χ2v) is 6.95. The van der Waals surface area contributed by atoms with Crippen LogP contribution in [0.3, 0.4) is 0 Å². The zero-order valence-corrected chi connectivity index (χ0v) is 12.7. The number of sulfonamides is 1. The lowest BCUT2D eigenvalue weighted by Gasteiger charge is -2.26. The van der Waals surface area contributed by atoms with Crippen molar-refractivity contribution in [3.05, 3.63) is 59.1 Å². The summed E-state index contributed by atoms with van der Waals surface area (Å²) in [7, 11) is -3.58. The van der Waals surface area contributed by atoms with Crippen LogP contribution in [0.15, 0.2) is 53.4 Å². The van der Waals surface area contributed by atoms with Gasteiger partial charge in [0.05, 0.1) is 17.5 Å². The van der Waals surface area contributed by atoms with Crippen molar-refractivity contribution >= 4 is 21.6 Å². The Balaban J connectivity index is 1.88. The van der Waals surface area contributed by atoms with E-state index in [0.29, 0.717) is 18.1 Å². The van der Waals surface area contributed by atoms with Gasteiger partial charge in [-0.25, -0.2) is 13.1 Å². The summed E-state index contributed by atoms with van der Waals surface area (Å²) in [6.45, 7) is 0.491. The van der Waals surface area contributed by atoms with Gasteiger partial charge in [-0.15, -0.1) is 0 Å². The second-order valence-electron chi connectivity index (χ2n) is 4.80. The van der Waals surface area contributed by atoms with Gasteiger partial charge in [-0.1, -0.05) is 29.8 Å². The predicted molar refractivity (Wildman–Crippen MR) is 81.1 cm³/mol. The van der Waals surface area contributed by atoms with Gasteiger partial charge in [0.2, 0.25) is 10.0 Å². The Bertz CT molecular complexity index is 744. The fourth-order valence-electron chi connectivity index (χ4n) is 2.33. The molecule has 0 aliphatic carbocycles. The highest BCUT2D eigenvalue weighted by atomic mass is 35.5. The van der Waals surface area contributed by atoms with E-state index in [9.17, 15) is 8.42 Å². The lowest BCUT2D eigenvalue weighted by Crippen LogP contribution is -2.32. The fraction of sp³-hybridized carbons (Fsp3) is 0.200. The lowest BCUT2D eigenvalue weighted by atomic mass is 10.0. The Kier molecular flexibility index (Phi) is 3.89. The first-order valence-electron chi connectivity index (χ1n) is 6.56. The number of rotatable bonds is 3. The largest absolute Gasteiger partial charge is 0.493 e. The van der Waals surface area contributed by atoms with Crippen LogP contribution in [-0.2, 0) is 10.0 Å². The molecular formula is C15H14ClNO3S. The van der Waals surface area contributed by atoms with Crippen molar-refractivity contribution in [2.45, 2.75) is 17.4 Å². The highest BCUT2D eigenvalue weighted by Gasteiger charge is 2.26. The van der Waals surface area contributed by atoms with Gasteiger partial charge in [0.15, 0.2) is 0 Å². The molecule has 1 atom stereocenters. The predicted octanol–water partition coefficient (Wildman–Crippen LogP) is 3.14. The molecule has 0 bridgehead atoms. The summed E-state index contributed by atoms with van der Waals surface area (Å²) < 4.78 is 33.1. The molecule has 0 radical (unpaired) electrons. The molecule has 4 nitrogen and oxygen atoms in total. The number of benzene rings is 2. The second kappa shape index (κ2) is 5.67. The van der Waals surface area contributed by atoms with Crippen molar-refractivity contribution < 1.29 is 13.2 Å². The van der Waals surface area contributed by atoms with E-state index in [2.05, 4.69) is 4.72 Å². The maximum atomic E-state index is 12.4. The van der Waals surface area contributed by atoms with Crippen molar-refractivity contribution in [1.82, 2.24) is 4.72 Å². The summed E-state index contributed by atoms with van der Waals surface area (Å²) in [5.74, 6) is 0.729. The maximum Gasteiger partial charge on any atom is 0.241 e. The Morgan fingerprint density at radius 2 is 1.81 bits per heavy atom. The van der Waals surface area contributed by atoms with E-state index in [1.54, 1.807) is 12.1 Å². The van der Waals surface area contributed by atoms with Crippen molar-refractivity contribution in [3.8, 4) is 5.75 Å². The van der Waals surface area contributed by atoms with Crippen LogP contribution >= 0.6 is 11.6 Å². The molecule has 0 fully saturated rings. The fourth-order valence-corrected chi connectivity index (χ4v) is 3.71. The van der Waals surface area contributed by atoms with E-state index < -0.39 is 10.0 Å². The standard InChI is InChI=1S/C15H14ClNO3S/c16-11-5-7-12(8-6-11)21(18,19)17-14-9-10-20-15-4-2-1-3-13(14)15/h1-8,14,17H,9-10H2. The van der Waals surface area contributed by atoms with Crippen LogP contribution in [0, 0.1) is 0 Å². The van der Waals surface area contributed by atoms with Gasteiger partial charge in [0.25, 0.3) is 0 Å². The molecule has 6 heteroatoms. The molecule has 1 N–H and O–H groups in total. The summed E-state index contributed by atoms with van der Waals surface area (Å²) >= 11 is 5.79. The third kappa shape index (κ3) is 3.05. The minimum absolute atomic E-state index is 0.205. The van der Waals surface area contributed by atoms with Gasteiger partial charge < -0.3 is 4.74 Å². The SMILES string of the molecule is O=S(=O)(NC1CCOc2ccccc21)c1ccc(Cl)cc1. The normalized spacial score (nSPS) is 17.9. The average molecular weight is 324 g/mol. The van der Waals surface area contributed by atoms with Crippen molar-refractivity contribution in [3.63, 3.8) is 0 Å². The summed E-state index contributed by atoms with van der Waals surface area (Å²) in [5.41, 5.74) is 0.862. The number of halogens is 1. The van der Waals surface area contributed by atoms with Gasteiger partial charge in [-0.3, -0.25) is 0 Å². The third-order valence-corrected chi connectivity index (χ3v) is 5.12. The minimum atomic E-state index is -3.58. The van der Waals surface area contributed by atoms with Crippen LogP contribution in [0.4, 0.5) is 0 Å². The van der Waals surface area contributed by atoms with Crippen LogP contribution in [0.25, 0.3) is 0 Å². The molecule has 0 aromatic heterocycles. The van der Waals surface area contributed by atoms with E-state index in [4.69, 9.17) is 16.3 Å². The number of ether oxygens (including phenoxy) is 1. The van der Waals surface area contributed by atoms with Crippen molar-refractivity contribution in [2.24, 2.45) is 0 Å². The Labute approximate surface area is 128 Å². The molecular weight excluding hydrogens is 310 g/mol. The Morgan fingerprint density at radius 1 is 1.10 bits per heavy atom. The molecule has 1 aliphatic rings. The van der Waals surface area contributed by atoms with Gasteiger partial charge in [-0.05, 0) is 30.3 Å². The van der Waals surface area contributed by atoms with E-state index in [-0.39, 0.29) is 10.9 Å². The molecule has 0 amide bonds. The summed E-state index contributed by atoms with van der Waals surface area (Å²) in [5, 5.41) is 0.505. The highest BCUT2D eigenvalue weighted by molar-refractivity contribution is 7.89. The van der Waals surface area contributed by atoms with Crippen LogP contribution in [0.1, 0.15) is 18.0 Å². The quantitative estimate of drug-likeness (QED) is 0.944. The van der Waals surface area contributed by atoms with Gasteiger partial charge in [0, 0.05) is 17.0 Å². The Morgan fingerprint density at radius 3 is 2.57 bits per heavy atom. The molecule has 0 saturated carbocycles. The monoisotopic (exact) mass is 323 g/mol. The summed E-state index contributed by atoms with van der Waals surface area (Å²) in [4.78, 5) is 0.205. The van der Waals surface area contributed by atoms with Crippen molar-refractivity contribution in [1.29, 1.82) is 0 Å². The molecule has 1 aliphatic heterocycles. The number of para-hydroxylation sites is 1. The first kappa shape index (κ1) is 14.4. The van der Waals surface area contributed by atoms with E-state index in [1.165, 1.54) is 12.1 Å². The molecule has 0 spiro atoms. The summed E-state index contributed by atoms with van der Waals surface area (Å²) in [6, 6.07) is 13.3. The molecule has 0 saturated heterocycles. The van der Waals surface area contributed by atoms with E-state index in [1.807, 2.05) is 24.3 Å². The zero-order chi connectivity index (χ0) is 14.9. The smallest absolute Gasteiger partial charge is 0.241 e. The molecule has 21 heavy (non-hydrogen) atoms. The number of nitrogens with one attached hydrogen (secondary N) is 1. The third-order valence-electron chi connectivity index (χ3n) is 3.38. The van der Waals surface area contributed by atoms with Gasteiger partial charge in [-0.2, -0.15) is 0 Å². The molecule has 2 aromatic rings. The lowest BCUT2D eigenvalue weighted by molar-refractivity contribution is 0.263. The van der Waals surface area contributed by atoms with Crippen LogP contribution < -0.4 is 9.46 Å². The molecule has 1 unspecified atom stereocenters. The first-order chi connectivity index (χ1) is 10.1. The minimum Gasteiger partial charge on any atom is -0.493 e. The van der Waals surface area contributed by atoms with Crippen molar-refractivity contribution in [2.75, 3.05) is 6.61 Å². The number of hydrogen-bond donors (Lipinski definition) is 1. The first-order valence-corrected chi connectivity index (χ1v) is 8.42. The number of fused-ring (bicyclic) bond motifs is 1. The molecule has 2 aromatic carbocycles.